The normalized spacial score (nSPS) is 10.4. The maximum absolute atomic E-state index is 9.37. The number of rotatable bonds is 4. The largest absolute Gasteiger partial charge is 0.504 e. The van der Waals surface area contributed by atoms with Crippen molar-refractivity contribution in [3.63, 3.8) is 0 Å². The first-order valence-corrected chi connectivity index (χ1v) is 5.96. The highest BCUT2D eigenvalue weighted by Crippen LogP contribution is 2.25. The van der Waals surface area contributed by atoms with Gasteiger partial charge in [-0.15, -0.1) is 0 Å². The van der Waals surface area contributed by atoms with Crippen LogP contribution in [0, 0.1) is 0 Å². The minimum atomic E-state index is -0.137. The predicted octanol–water partition coefficient (Wildman–Crippen LogP) is 1.78. The molecule has 0 atom stereocenters. The molecule has 0 bridgehead atoms. The van der Waals surface area contributed by atoms with Crippen LogP contribution < -0.4 is 11.1 Å². The summed E-state index contributed by atoms with van der Waals surface area (Å²) >= 11 is 5.94. The van der Waals surface area contributed by atoms with Gasteiger partial charge in [0, 0.05) is 6.54 Å². The van der Waals surface area contributed by atoms with Gasteiger partial charge in [0.1, 0.15) is 23.0 Å². The Labute approximate surface area is 114 Å². The number of anilines is 2. The van der Waals surface area contributed by atoms with Crippen molar-refractivity contribution in [3.8, 4) is 11.5 Å². The Morgan fingerprint density at radius 3 is 2.74 bits per heavy atom. The van der Waals surface area contributed by atoms with Crippen LogP contribution in [0.15, 0.2) is 24.5 Å². The Balaban J connectivity index is 1.96. The van der Waals surface area contributed by atoms with Gasteiger partial charge in [-0.3, -0.25) is 0 Å². The van der Waals surface area contributed by atoms with Crippen LogP contribution in [0.2, 0.25) is 5.02 Å². The molecule has 1 heterocycles. The van der Waals surface area contributed by atoms with Gasteiger partial charge < -0.3 is 21.3 Å². The van der Waals surface area contributed by atoms with Crippen molar-refractivity contribution in [2.45, 2.75) is 6.42 Å². The molecule has 0 unspecified atom stereocenters. The molecule has 0 aliphatic carbocycles. The molecule has 6 nitrogen and oxygen atoms in total. The third kappa shape index (κ3) is 3.17. The number of phenols is 2. The Morgan fingerprint density at radius 2 is 2.00 bits per heavy atom. The zero-order valence-corrected chi connectivity index (χ0v) is 10.7. The average Bonchev–Trinajstić information content (AvgIpc) is 2.39. The van der Waals surface area contributed by atoms with Gasteiger partial charge in [-0.25, -0.2) is 9.97 Å². The minimum Gasteiger partial charge on any atom is -0.504 e. The van der Waals surface area contributed by atoms with Gasteiger partial charge in [-0.05, 0) is 24.1 Å². The molecule has 2 rings (SSSR count). The lowest BCUT2D eigenvalue weighted by Gasteiger charge is -2.08. The van der Waals surface area contributed by atoms with Crippen LogP contribution in [0.25, 0.3) is 0 Å². The van der Waals surface area contributed by atoms with Crippen LogP contribution >= 0.6 is 11.6 Å². The van der Waals surface area contributed by atoms with Crippen molar-refractivity contribution in [2.75, 3.05) is 17.6 Å². The molecule has 1 aromatic carbocycles. The molecule has 0 aliphatic heterocycles. The van der Waals surface area contributed by atoms with Gasteiger partial charge >= 0.3 is 0 Å². The van der Waals surface area contributed by atoms with E-state index >= 15 is 0 Å². The van der Waals surface area contributed by atoms with Gasteiger partial charge in [-0.2, -0.15) is 0 Å². The molecule has 0 radical (unpaired) electrons. The average molecular weight is 281 g/mol. The van der Waals surface area contributed by atoms with Gasteiger partial charge in [-0.1, -0.05) is 17.7 Å². The van der Waals surface area contributed by atoms with Crippen LogP contribution in [0.1, 0.15) is 5.56 Å². The Kier molecular flexibility index (Phi) is 3.91. The first-order chi connectivity index (χ1) is 9.08. The van der Waals surface area contributed by atoms with Crippen molar-refractivity contribution in [1.82, 2.24) is 9.97 Å². The fraction of sp³-hybridized carbons (Fsp3) is 0.167. The second-order valence-electron chi connectivity index (χ2n) is 3.92. The highest BCUT2D eigenvalue weighted by atomic mass is 35.5. The molecular formula is C12H13ClN4O2. The second kappa shape index (κ2) is 5.62. The summed E-state index contributed by atoms with van der Waals surface area (Å²) < 4.78 is 0. The molecule has 2 aromatic rings. The van der Waals surface area contributed by atoms with Crippen LogP contribution in [0.5, 0.6) is 11.5 Å². The van der Waals surface area contributed by atoms with E-state index in [-0.39, 0.29) is 22.3 Å². The molecule has 1 aromatic heterocycles. The number of nitrogen functional groups attached to an aromatic ring is 1. The lowest BCUT2D eigenvalue weighted by atomic mass is 10.1. The summed E-state index contributed by atoms with van der Waals surface area (Å²) in [5, 5.41) is 21.9. The second-order valence-corrected chi connectivity index (χ2v) is 4.30. The number of nitrogens with two attached hydrogens (primary N) is 1. The Bertz CT molecular complexity index is 592. The van der Waals surface area contributed by atoms with E-state index in [1.54, 1.807) is 6.07 Å². The topological polar surface area (TPSA) is 104 Å². The molecule has 0 saturated heterocycles. The van der Waals surface area contributed by atoms with Crippen LogP contribution in [-0.4, -0.2) is 26.7 Å². The molecule has 19 heavy (non-hydrogen) atoms. The number of nitrogens with one attached hydrogen (secondary N) is 1. The highest BCUT2D eigenvalue weighted by Gasteiger charge is 2.06. The standard InChI is InChI=1S/C12H13ClN4O2/c13-10-11(14)16-6-17-12(10)15-4-3-7-1-2-8(18)9(19)5-7/h1-2,5-6,18-19H,3-4H2,(H3,14,15,16,17). The number of aromatic hydroxyl groups is 2. The van der Waals surface area contributed by atoms with Gasteiger partial charge in [0.25, 0.3) is 0 Å². The molecule has 0 saturated carbocycles. The summed E-state index contributed by atoms with van der Waals surface area (Å²) in [5.74, 6) is 0.420. The zero-order valence-electron chi connectivity index (χ0n) is 9.97. The van der Waals surface area contributed by atoms with Crippen LogP contribution in [-0.2, 0) is 6.42 Å². The minimum absolute atomic E-state index is 0.136. The number of hydrogen-bond donors (Lipinski definition) is 4. The lowest BCUT2D eigenvalue weighted by molar-refractivity contribution is 0.403. The monoisotopic (exact) mass is 280 g/mol. The molecule has 7 heteroatoms. The predicted molar refractivity (Wildman–Crippen MR) is 73.4 cm³/mol. The SMILES string of the molecule is Nc1ncnc(NCCc2ccc(O)c(O)c2)c1Cl. The molecule has 0 aliphatic rings. The number of nitrogens with zero attached hydrogens (tertiary/aromatic N) is 2. The number of halogens is 1. The summed E-state index contributed by atoms with van der Waals surface area (Å²) in [7, 11) is 0. The summed E-state index contributed by atoms with van der Waals surface area (Å²) in [5.41, 5.74) is 6.43. The summed E-state index contributed by atoms with van der Waals surface area (Å²) in [6.45, 7) is 0.556. The Morgan fingerprint density at radius 1 is 1.21 bits per heavy atom. The quantitative estimate of drug-likeness (QED) is 0.636. The third-order valence-electron chi connectivity index (χ3n) is 2.56. The zero-order chi connectivity index (χ0) is 13.8. The first-order valence-electron chi connectivity index (χ1n) is 5.58. The molecule has 5 N–H and O–H groups in total. The number of phenolic OH excluding ortho intramolecular Hbond substituents is 2. The molecule has 0 amide bonds. The van der Waals surface area contributed by atoms with Crippen molar-refractivity contribution in [2.24, 2.45) is 0 Å². The van der Waals surface area contributed by atoms with Crippen LogP contribution in [0.4, 0.5) is 11.6 Å². The maximum atomic E-state index is 9.37. The molecule has 0 spiro atoms. The first kappa shape index (κ1) is 13.2. The van der Waals surface area contributed by atoms with Gasteiger partial charge in [0.15, 0.2) is 11.5 Å². The number of benzene rings is 1. The van der Waals surface area contributed by atoms with E-state index in [0.717, 1.165) is 5.56 Å². The summed E-state index contributed by atoms with van der Waals surface area (Å²) in [6.07, 6.45) is 1.96. The maximum Gasteiger partial charge on any atom is 0.157 e. The van der Waals surface area contributed by atoms with E-state index in [1.165, 1.54) is 18.5 Å². The fourth-order valence-electron chi connectivity index (χ4n) is 1.56. The van der Waals surface area contributed by atoms with E-state index in [2.05, 4.69) is 15.3 Å². The summed E-state index contributed by atoms with van der Waals surface area (Å²) in [4.78, 5) is 7.74. The van der Waals surface area contributed by atoms with E-state index in [9.17, 15) is 10.2 Å². The van der Waals surface area contributed by atoms with E-state index in [4.69, 9.17) is 17.3 Å². The van der Waals surface area contributed by atoms with E-state index in [1.807, 2.05) is 0 Å². The highest BCUT2D eigenvalue weighted by molar-refractivity contribution is 6.35. The number of hydrogen-bond acceptors (Lipinski definition) is 6. The van der Waals surface area contributed by atoms with Crippen molar-refractivity contribution < 1.29 is 10.2 Å². The summed E-state index contributed by atoms with van der Waals surface area (Å²) in [6, 6.07) is 4.68. The smallest absolute Gasteiger partial charge is 0.157 e. The van der Waals surface area contributed by atoms with Crippen LogP contribution in [0.3, 0.4) is 0 Å². The van der Waals surface area contributed by atoms with Gasteiger partial charge in [0.05, 0.1) is 0 Å². The Hall–Kier alpha value is -2.21. The molecular weight excluding hydrogens is 268 g/mol. The lowest BCUT2D eigenvalue weighted by Crippen LogP contribution is -2.08. The molecule has 100 valence electrons. The third-order valence-corrected chi connectivity index (χ3v) is 2.94. The van der Waals surface area contributed by atoms with E-state index < -0.39 is 0 Å². The van der Waals surface area contributed by atoms with Gasteiger partial charge in [0.2, 0.25) is 0 Å². The fourth-order valence-corrected chi connectivity index (χ4v) is 1.72. The van der Waals surface area contributed by atoms with E-state index in [0.29, 0.717) is 18.8 Å². The van der Waals surface area contributed by atoms with Crippen molar-refractivity contribution >= 4 is 23.2 Å². The van der Waals surface area contributed by atoms with Crippen molar-refractivity contribution in [1.29, 1.82) is 0 Å². The number of aromatic nitrogens is 2. The van der Waals surface area contributed by atoms with Crippen molar-refractivity contribution in [3.05, 3.63) is 35.1 Å². The molecule has 0 fully saturated rings.